The van der Waals surface area contributed by atoms with E-state index in [1.807, 2.05) is 12.1 Å². The molecule has 0 aliphatic rings. The molecule has 0 aliphatic carbocycles. The summed E-state index contributed by atoms with van der Waals surface area (Å²) in [7, 11) is 0. The Labute approximate surface area is 230 Å². The molecular weight excluding hydrogens is 460 g/mol. The van der Waals surface area contributed by atoms with Gasteiger partial charge in [-0.3, -0.25) is 0 Å². The molecule has 2 heteroatoms. The summed E-state index contributed by atoms with van der Waals surface area (Å²) in [5.41, 5.74) is 20.8. The summed E-state index contributed by atoms with van der Waals surface area (Å²) < 4.78 is 0. The Balaban J connectivity index is 1.94. The first-order valence-corrected chi connectivity index (χ1v) is 13.7. The molecule has 0 aliphatic heterocycles. The second-order valence-corrected chi connectivity index (χ2v) is 12.9. The maximum absolute atomic E-state index is 5.92. The van der Waals surface area contributed by atoms with E-state index >= 15 is 0 Å². The average Bonchev–Trinajstić information content (AvgIpc) is 2.81. The summed E-state index contributed by atoms with van der Waals surface area (Å²) in [5.74, 6) is 0. The number of nitrogens with zero attached hydrogens (tertiary/aromatic N) is 1. The first kappa shape index (κ1) is 27.5. The van der Waals surface area contributed by atoms with Gasteiger partial charge in [0.05, 0.1) is 11.4 Å². The van der Waals surface area contributed by atoms with Crippen LogP contribution in [0.5, 0.6) is 0 Å². The van der Waals surface area contributed by atoms with Gasteiger partial charge in [0.1, 0.15) is 0 Å². The van der Waals surface area contributed by atoms with Crippen molar-refractivity contribution in [1.82, 2.24) is 0 Å². The van der Waals surface area contributed by atoms with Crippen LogP contribution in [0.3, 0.4) is 0 Å². The van der Waals surface area contributed by atoms with E-state index in [1.165, 1.54) is 55.9 Å². The van der Waals surface area contributed by atoms with Crippen LogP contribution in [0.2, 0.25) is 0 Å². The second kappa shape index (κ2) is 9.98. The zero-order chi connectivity index (χ0) is 28.0. The van der Waals surface area contributed by atoms with E-state index in [1.54, 1.807) is 0 Å². The monoisotopic (exact) mass is 504 g/mol. The maximum Gasteiger partial charge on any atom is 0.0520 e. The van der Waals surface area contributed by atoms with Crippen LogP contribution in [0.1, 0.15) is 74.9 Å². The summed E-state index contributed by atoms with van der Waals surface area (Å²) in [6.45, 7) is 22.7. The van der Waals surface area contributed by atoms with Crippen LogP contribution < -0.4 is 10.6 Å². The third kappa shape index (κ3) is 5.50. The van der Waals surface area contributed by atoms with Crippen molar-refractivity contribution in [1.29, 1.82) is 0 Å². The summed E-state index contributed by atoms with van der Waals surface area (Å²) in [6.07, 6.45) is 0. The highest BCUT2D eigenvalue weighted by Gasteiger charge is 2.25. The Kier molecular flexibility index (Phi) is 7.23. The molecule has 0 spiro atoms. The van der Waals surface area contributed by atoms with Crippen molar-refractivity contribution in [2.24, 2.45) is 0 Å². The van der Waals surface area contributed by atoms with Crippen molar-refractivity contribution < 1.29 is 0 Å². The second-order valence-electron chi connectivity index (χ2n) is 12.9. The molecule has 0 aromatic heterocycles. The first-order chi connectivity index (χ1) is 17.7. The number of aryl methyl sites for hydroxylation is 4. The number of nitrogen functional groups attached to an aromatic ring is 1. The predicted octanol–water partition coefficient (Wildman–Crippen LogP) is 10.2. The van der Waals surface area contributed by atoms with Gasteiger partial charge in [-0.2, -0.15) is 0 Å². The van der Waals surface area contributed by atoms with E-state index in [2.05, 4.69) is 135 Å². The van der Waals surface area contributed by atoms with Crippen LogP contribution in [0.15, 0.2) is 72.8 Å². The number of hydrogen-bond donors (Lipinski definition) is 1. The Morgan fingerprint density at radius 1 is 0.500 bits per heavy atom. The van der Waals surface area contributed by atoms with E-state index in [0.29, 0.717) is 0 Å². The molecule has 0 amide bonds. The maximum atomic E-state index is 5.92. The number of rotatable bonds is 4. The van der Waals surface area contributed by atoms with Crippen molar-refractivity contribution >= 4 is 22.7 Å². The number of hydrogen-bond acceptors (Lipinski definition) is 2. The molecule has 4 aromatic rings. The van der Waals surface area contributed by atoms with E-state index in [0.717, 1.165) is 11.4 Å². The summed E-state index contributed by atoms with van der Waals surface area (Å²) in [4.78, 5) is 2.47. The molecule has 2 N–H and O–H groups in total. The highest BCUT2D eigenvalue weighted by molar-refractivity contribution is 5.85. The van der Waals surface area contributed by atoms with Gasteiger partial charge in [0, 0.05) is 11.4 Å². The molecule has 0 saturated carbocycles. The van der Waals surface area contributed by atoms with E-state index in [9.17, 15) is 0 Å². The van der Waals surface area contributed by atoms with Gasteiger partial charge in [0.15, 0.2) is 0 Å². The molecule has 0 fully saturated rings. The minimum absolute atomic E-state index is 0.0970. The van der Waals surface area contributed by atoms with Crippen LogP contribution in [-0.2, 0) is 10.8 Å². The number of nitrogens with two attached hydrogens (primary N) is 1. The predicted molar refractivity (Wildman–Crippen MR) is 167 cm³/mol. The molecule has 0 saturated heterocycles. The summed E-state index contributed by atoms with van der Waals surface area (Å²) in [5, 5.41) is 0. The zero-order valence-corrected chi connectivity index (χ0v) is 25.0. The smallest absolute Gasteiger partial charge is 0.0520 e. The Morgan fingerprint density at radius 3 is 1.13 bits per heavy atom. The van der Waals surface area contributed by atoms with Crippen molar-refractivity contribution in [3.63, 3.8) is 0 Å². The Bertz CT molecular complexity index is 1330. The molecule has 38 heavy (non-hydrogen) atoms. The average molecular weight is 505 g/mol. The van der Waals surface area contributed by atoms with Crippen LogP contribution in [0.4, 0.5) is 22.7 Å². The minimum atomic E-state index is 0.0970. The van der Waals surface area contributed by atoms with E-state index in [4.69, 9.17) is 5.73 Å². The molecule has 2 nitrogen and oxygen atoms in total. The molecule has 0 atom stereocenters. The highest BCUT2D eigenvalue weighted by Crippen LogP contribution is 2.44. The number of anilines is 4. The fraction of sp³-hybridized carbons (Fsp3) is 0.333. The lowest BCUT2D eigenvalue weighted by Crippen LogP contribution is -2.19. The lowest BCUT2D eigenvalue weighted by molar-refractivity contribution is 0.589. The van der Waals surface area contributed by atoms with Crippen LogP contribution >= 0.6 is 0 Å². The molecular formula is C36H44N2. The first-order valence-electron chi connectivity index (χ1n) is 13.7. The minimum Gasteiger partial charge on any atom is -0.399 e. The van der Waals surface area contributed by atoms with Crippen molar-refractivity contribution in [2.45, 2.75) is 80.1 Å². The van der Waals surface area contributed by atoms with Gasteiger partial charge in [-0.05, 0) is 107 Å². The van der Waals surface area contributed by atoms with Crippen molar-refractivity contribution in [3.05, 3.63) is 106 Å². The van der Waals surface area contributed by atoms with E-state index in [-0.39, 0.29) is 10.8 Å². The van der Waals surface area contributed by atoms with Gasteiger partial charge in [0.2, 0.25) is 0 Å². The molecule has 4 rings (SSSR count). The topological polar surface area (TPSA) is 29.3 Å². The molecule has 4 aromatic carbocycles. The van der Waals surface area contributed by atoms with Crippen molar-refractivity contribution in [2.75, 3.05) is 10.6 Å². The van der Waals surface area contributed by atoms with Gasteiger partial charge in [0.25, 0.3) is 0 Å². The van der Waals surface area contributed by atoms with Crippen LogP contribution in [-0.4, -0.2) is 0 Å². The van der Waals surface area contributed by atoms with Gasteiger partial charge in [-0.15, -0.1) is 0 Å². The number of benzene rings is 4. The SMILES string of the molecule is Cc1cc(C(C)(C)C)cc(C)c1N(c1ccc(-c2ccc(N)cc2)cc1)c1c(C)cc(C(C)(C)C)cc1C. The van der Waals surface area contributed by atoms with Gasteiger partial charge >= 0.3 is 0 Å². The molecule has 0 unspecified atom stereocenters. The summed E-state index contributed by atoms with van der Waals surface area (Å²) in [6, 6.07) is 26.5. The van der Waals surface area contributed by atoms with Crippen LogP contribution in [0.25, 0.3) is 11.1 Å². The standard InChI is InChI=1S/C36H44N2/c1-23-19-29(35(5,6)7)20-24(2)33(23)38(34-25(3)21-30(22-26(34)4)36(8,9)10)32-17-13-28(14-18-32)27-11-15-31(37)16-12-27/h11-22H,37H2,1-10H3. The van der Waals surface area contributed by atoms with E-state index < -0.39 is 0 Å². The lowest BCUT2D eigenvalue weighted by atomic mass is 9.83. The Hall–Kier alpha value is -3.52. The summed E-state index contributed by atoms with van der Waals surface area (Å²) >= 11 is 0. The van der Waals surface area contributed by atoms with Crippen molar-refractivity contribution in [3.8, 4) is 11.1 Å². The molecule has 0 heterocycles. The fourth-order valence-electron chi connectivity index (χ4n) is 5.33. The van der Waals surface area contributed by atoms with Crippen LogP contribution in [0, 0.1) is 27.7 Å². The largest absolute Gasteiger partial charge is 0.399 e. The highest BCUT2D eigenvalue weighted by atomic mass is 15.2. The molecule has 0 bridgehead atoms. The molecule has 0 radical (unpaired) electrons. The van der Waals surface area contributed by atoms with Gasteiger partial charge < -0.3 is 10.6 Å². The lowest BCUT2D eigenvalue weighted by Gasteiger charge is -2.34. The third-order valence-electron chi connectivity index (χ3n) is 7.53. The molecule has 198 valence electrons. The normalized spacial score (nSPS) is 12.1. The zero-order valence-electron chi connectivity index (χ0n) is 25.0. The Morgan fingerprint density at radius 2 is 0.816 bits per heavy atom. The van der Waals surface area contributed by atoms with Gasteiger partial charge in [-0.25, -0.2) is 0 Å². The quantitative estimate of drug-likeness (QED) is 0.280. The third-order valence-corrected chi connectivity index (χ3v) is 7.53. The van der Waals surface area contributed by atoms with Gasteiger partial charge in [-0.1, -0.05) is 90.1 Å². The fourth-order valence-corrected chi connectivity index (χ4v) is 5.33.